The van der Waals surface area contributed by atoms with Crippen LogP contribution < -0.4 is 22.1 Å². The maximum absolute atomic E-state index is 14.7. The summed E-state index contributed by atoms with van der Waals surface area (Å²) in [6.45, 7) is 0. The Morgan fingerprint density at radius 1 is 1.12 bits per heavy atom. The monoisotopic (exact) mass is 436 g/mol. The molecule has 32 heavy (non-hydrogen) atoms. The Balaban J connectivity index is 1.66. The number of phenolic OH excluding ortho intramolecular Hbond substituents is 1. The number of anilines is 3. The molecule has 0 spiro atoms. The second-order valence-corrected chi connectivity index (χ2v) is 7.88. The number of hydrogen-bond acceptors (Lipinski definition) is 7. The molecule has 2 unspecified atom stereocenters. The van der Waals surface area contributed by atoms with Crippen LogP contribution >= 0.6 is 0 Å². The van der Waals surface area contributed by atoms with Crippen molar-refractivity contribution in [1.29, 1.82) is 0 Å². The lowest BCUT2D eigenvalue weighted by molar-refractivity contribution is 0.100. The van der Waals surface area contributed by atoms with Gasteiger partial charge in [-0.05, 0) is 31.0 Å². The highest BCUT2D eigenvalue weighted by atomic mass is 19.1. The standard InChI is InChI=1S/C23H25FN6O2/c24-17-10-16(21(26)32)22(30-23(17)29-19-7-3-2-6-18(19)25)28-14-9-13(11-27-12-14)15-5-1-4-8-20(15)31/h1,4-5,8-12,18-19,31H,2-3,6-7,25H2,(H2,26,32)(H2,28,29,30). The van der Waals surface area contributed by atoms with Crippen LogP contribution in [0.5, 0.6) is 5.75 Å². The van der Waals surface area contributed by atoms with Gasteiger partial charge in [-0.1, -0.05) is 31.0 Å². The van der Waals surface area contributed by atoms with E-state index in [-0.39, 0.29) is 35.0 Å². The van der Waals surface area contributed by atoms with Crippen molar-refractivity contribution in [1.82, 2.24) is 9.97 Å². The number of para-hydroxylation sites is 1. The number of carbonyl (C=O) groups is 1. The molecule has 0 radical (unpaired) electrons. The number of nitrogens with one attached hydrogen (secondary N) is 2. The number of benzene rings is 1. The fraction of sp³-hybridized carbons (Fsp3) is 0.261. The average Bonchev–Trinajstić information content (AvgIpc) is 2.77. The number of aromatic nitrogens is 2. The number of phenols is 1. The first-order valence-corrected chi connectivity index (χ1v) is 10.5. The molecule has 1 aliphatic rings. The van der Waals surface area contributed by atoms with Crippen LogP contribution in [0.1, 0.15) is 36.0 Å². The van der Waals surface area contributed by atoms with Crippen molar-refractivity contribution < 1.29 is 14.3 Å². The van der Waals surface area contributed by atoms with E-state index < -0.39 is 11.7 Å². The van der Waals surface area contributed by atoms with E-state index >= 15 is 0 Å². The second-order valence-electron chi connectivity index (χ2n) is 7.88. The van der Waals surface area contributed by atoms with Crippen molar-refractivity contribution in [3.63, 3.8) is 0 Å². The van der Waals surface area contributed by atoms with E-state index in [0.29, 0.717) is 16.8 Å². The third-order valence-electron chi connectivity index (χ3n) is 5.60. The zero-order chi connectivity index (χ0) is 22.7. The smallest absolute Gasteiger partial charge is 0.252 e. The molecular formula is C23H25FN6O2. The molecule has 2 atom stereocenters. The lowest BCUT2D eigenvalue weighted by Gasteiger charge is -2.30. The number of amides is 1. The predicted molar refractivity (Wildman–Crippen MR) is 121 cm³/mol. The van der Waals surface area contributed by atoms with Gasteiger partial charge in [0, 0.05) is 29.4 Å². The fourth-order valence-corrected chi connectivity index (χ4v) is 3.90. The second kappa shape index (κ2) is 9.19. The van der Waals surface area contributed by atoms with Gasteiger partial charge in [-0.2, -0.15) is 0 Å². The number of nitrogens with two attached hydrogens (primary N) is 2. The van der Waals surface area contributed by atoms with Gasteiger partial charge < -0.3 is 27.2 Å². The molecule has 1 amide bonds. The van der Waals surface area contributed by atoms with Crippen LogP contribution in [0, 0.1) is 5.82 Å². The summed E-state index contributed by atoms with van der Waals surface area (Å²) >= 11 is 0. The van der Waals surface area contributed by atoms with Crippen LogP contribution in [0.2, 0.25) is 0 Å². The quantitative estimate of drug-likeness (QED) is 0.398. The van der Waals surface area contributed by atoms with Gasteiger partial charge >= 0.3 is 0 Å². The lowest BCUT2D eigenvalue weighted by atomic mass is 9.91. The summed E-state index contributed by atoms with van der Waals surface area (Å²) in [4.78, 5) is 20.4. The van der Waals surface area contributed by atoms with Gasteiger partial charge in [0.25, 0.3) is 5.91 Å². The zero-order valence-electron chi connectivity index (χ0n) is 17.4. The number of hydrogen-bond donors (Lipinski definition) is 5. The van der Waals surface area contributed by atoms with Crippen LogP contribution in [-0.2, 0) is 0 Å². The van der Waals surface area contributed by atoms with Crippen molar-refractivity contribution in [2.45, 2.75) is 37.8 Å². The first kappa shape index (κ1) is 21.5. The highest BCUT2D eigenvalue weighted by Crippen LogP contribution is 2.31. The van der Waals surface area contributed by atoms with Crippen molar-refractivity contribution >= 4 is 23.2 Å². The van der Waals surface area contributed by atoms with Crippen molar-refractivity contribution in [2.24, 2.45) is 11.5 Å². The minimum atomic E-state index is -0.815. The maximum atomic E-state index is 14.7. The topological polar surface area (TPSA) is 139 Å². The Morgan fingerprint density at radius 3 is 2.66 bits per heavy atom. The molecule has 9 heteroatoms. The van der Waals surface area contributed by atoms with E-state index in [1.54, 1.807) is 36.5 Å². The lowest BCUT2D eigenvalue weighted by Crippen LogP contribution is -2.43. The van der Waals surface area contributed by atoms with Gasteiger partial charge in [0.1, 0.15) is 11.6 Å². The number of carbonyl (C=O) groups excluding carboxylic acids is 1. The van der Waals surface area contributed by atoms with Crippen LogP contribution in [0.25, 0.3) is 11.1 Å². The molecule has 3 aromatic rings. The molecule has 166 valence electrons. The molecule has 1 saturated carbocycles. The molecule has 4 rings (SSSR count). The van der Waals surface area contributed by atoms with Crippen molar-refractivity contribution in [3.8, 4) is 16.9 Å². The van der Waals surface area contributed by atoms with Crippen molar-refractivity contribution in [2.75, 3.05) is 10.6 Å². The van der Waals surface area contributed by atoms with Crippen LogP contribution in [0.4, 0.5) is 21.7 Å². The number of rotatable bonds is 6. The third-order valence-corrected chi connectivity index (χ3v) is 5.60. The number of pyridine rings is 2. The molecule has 1 fully saturated rings. The Morgan fingerprint density at radius 2 is 1.91 bits per heavy atom. The van der Waals surface area contributed by atoms with Crippen LogP contribution in [0.15, 0.2) is 48.8 Å². The van der Waals surface area contributed by atoms with E-state index in [2.05, 4.69) is 20.6 Å². The highest BCUT2D eigenvalue weighted by molar-refractivity contribution is 5.98. The first-order valence-electron chi connectivity index (χ1n) is 10.5. The third kappa shape index (κ3) is 4.62. The van der Waals surface area contributed by atoms with Gasteiger partial charge in [-0.15, -0.1) is 0 Å². The fourth-order valence-electron chi connectivity index (χ4n) is 3.90. The van der Waals surface area contributed by atoms with Gasteiger partial charge in [0.2, 0.25) is 0 Å². The summed E-state index contributed by atoms with van der Waals surface area (Å²) in [5, 5.41) is 16.2. The number of halogens is 1. The van der Waals surface area contributed by atoms with Gasteiger partial charge in [-0.3, -0.25) is 9.78 Å². The number of nitrogens with zero attached hydrogens (tertiary/aromatic N) is 2. The number of aromatic hydroxyl groups is 1. The van der Waals surface area contributed by atoms with Gasteiger partial charge in [0.15, 0.2) is 11.6 Å². The van der Waals surface area contributed by atoms with E-state index in [0.717, 1.165) is 31.7 Å². The molecule has 0 aliphatic heterocycles. The Kier molecular flexibility index (Phi) is 6.18. The molecule has 0 saturated heterocycles. The Hall–Kier alpha value is -3.72. The van der Waals surface area contributed by atoms with E-state index in [1.807, 2.05) is 0 Å². The minimum absolute atomic E-state index is 0.00432. The summed E-state index contributed by atoms with van der Waals surface area (Å²) in [5.74, 6) is -1.28. The molecule has 1 aromatic carbocycles. The summed E-state index contributed by atoms with van der Waals surface area (Å²) < 4.78 is 14.7. The van der Waals surface area contributed by atoms with Gasteiger partial charge in [-0.25, -0.2) is 9.37 Å². The summed E-state index contributed by atoms with van der Waals surface area (Å²) in [6, 6.07) is 9.46. The van der Waals surface area contributed by atoms with E-state index in [9.17, 15) is 14.3 Å². The summed E-state index contributed by atoms with van der Waals surface area (Å²) in [6.07, 6.45) is 6.85. The highest BCUT2D eigenvalue weighted by Gasteiger charge is 2.24. The van der Waals surface area contributed by atoms with Crippen molar-refractivity contribution in [3.05, 3.63) is 60.2 Å². The first-order chi connectivity index (χ1) is 15.4. The molecule has 7 N–H and O–H groups in total. The summed E-state index contributed by atoms with van der Waals surface area (Å²) in [7, 11) is 0. The zero-order valence-corrected chi connectivity index (χ0v) is 17.4. The molecule has 2 aromatic heterocycles. The Labute approximate surface area is 184 Å². The maximum Gasteiger partial charge on any atom is 0.252 e. The Bertz CT molecular complexity index is 1140. The SMILES string of the molecule is NC(=O)c1cc(F)c(NC2CCCCC2N)nc1Nc1cncc(-c2ccccc2O)c1. The predicted octanol–water partition coefficient (Wildman–Crippen LogP) is 3.51. The van der Waals surface area contributed by atoms with E-state index in [4.69, 9.17) is 11.5 Å². The molecule has 2 heterocycles. The van der Waals surface area contributed by atoms with Gasteiger partial charge in [0.05, 0.1) is 17.4 Å². The molecule has 0 bridgehead atoms. The average molecular weight is 436 g/mol. The largest absolute Gasteiger partial charge is 0.507 e. The minimum Gasteiger partial charge on any atom is -0.507 e. The molecular weight excluding hydrogens is 411 g/mol. The molecule has 8 nitrogen and oxygen atoms in total. The normalized spacial score (nSPS) is 18.2. The number of primary amides is 1. The van der Waals surface area contributed by atoms with Crippen LogP contribution in [-0.4, -0.2) is 33.1 Å². The summed E-state index contributed by atoms with van der Waals surface area (Å²) in [5.41, 5.74) is 13.3. The van der Waals surface area contributed by atoms with Crippen LogP contribution in [0.3, 0.4) is 0 Å². The van der Waals surface area contributed by atoms with E-state index in [1.165, 1.54) is 6.20 Å². The molecule has 1 aliphatic carbocycles.